The lowest BCUT2D eigenvalue weighted by molar-refractivity contribution is 0.384. The lowest BCUT2D eigenvalue weighted by Gasteiger charge is -2.09. The topological polar surface area (TPSA) is 103 Å². The van der Waals surface area contributed by atoms with Crippen LogP contribution in [0.3, 0.4) is 0 Å². The number of hydrogen-bond donors (Lipinski definition) is 2. The van der Waals surface area contributed by atoms with Gasteiger partial charge in [-0.15, -0.1) is 0 Å². The summed E-state index contributed by atoms with van der Waals surface area (Å²) in [5.74, 6) is 1.85. The smallest absolute Gasteiger partial charge is 0.237 e. The second-order valence-electron chi connectivity index (χ2n) is 3.80. The van der Waals surface area contributed by atoms with E-state index in [1.807, 2.05) is 0 Å². The summed E-state index contributed by atoms with van der Waals surface area (Å²) in [6.07, 6.45) is 2.76. The van der Waals surface area contributed by atoms with Crippen LogP contribution in [0.2, 0.25) is 0 Å². The van der Waals surface area contributed by atoms with E-state index in [-0.39, 0.29) is 11.7 Å². The molecule has 2 aromatic rings. The Bertz CT molecular complexity index is 591. The monoisotopic (exact) mass is 274 g/mol. The molecule has 1 aromatic carbocycles. The minimum atomic E-state index is -0.146. The summed E-state index contributed by atoms with van der Waals surface area (Å²) in [4.78, 5) is 7.98. The largest absolute Gasteiger partial charge is 0.496 e. The summed E-state index contributed by atoms with van der Waals surface area (Å²) in [7, 11) is 3.11. The fourth-order valence-electron chi connectivity index (χ4n) is 1.47. The van der Waals surface area contributed by atoms with Gasteiger partial charge in [0, 0.05) is 18.2 Å². The van der Waals surface area contributed by atoms with Gasteiger partial charge in [0.05, 0.1) is 26.6 Å². The molecule has 0 saturated carbocycles. The number of rotatable bonds is 5. The molecular weight excluding hydrogens is 260 g/mol. The minimum absolute atomic E-state index is 0.146. The van der Waals surface area contributed by atoms with Crippen LogP contribution in [0, 0.1) is 5.41 Å². The number of ether oxygens (including phenoxy) is 3. The fourth-order valence-corrected chi connectivity index (χ4v) is 1.47. The third-order valence-electron chi connectivity index (χ3n) is 2.45. The number of amidine groups is 1. The standard InChI is InChI=1S/C13H14N4O3/c1-18-8-3-9(19-2)5-10(4-8)20-12-7-16-11(6-17-12)13(14)15/h3-7H,1-2H3,(H3,14,15). The molecule has 0 atom stereocenters. The van der Waals surface area contributed by atoms with Crippen molar-refractivity contribution in [1.29, 1.82) is 5.41 Å². The number of hydrogen-bond acceptors (Lipinski definition) is 6. The first-order chi connectivity index (χ1) is 9.62. The van der Waals surface area contributed by atoms with Gasteiger partial charge < -0.3 is 19.9 Å². The van der Waals surface area contributed by atoms with Crippen LogP contribution in [-0.4, -0.2) is 30.0 Å². The molecular formula is C13H14N4O3. The average Bonchev–Trinajstić information content (AvgIpc) is 2.47. The zero-order chi connectivity index (χ0) is 14.5. The first kappa shape index (κ1) is 13.6. The van der Waals surface area contributed by atoms with Crippen molar-refractivity contribution in [2.24, 2.45) is 5.73 Å². The van der Waals surface area contributed by atoms with Crippen molar-refractivity contribution in [3.8, 4) is 23.1 Å². The number of nitrogens with two attached hydrogens (primary N) is 1. The molecule has 0 saturated heterocycles. The number of benzene rings is 1. The second kappa shape index (κ2) is 5.87. The van der Waals surface area contributed by atoms with Gasteiger partial charge in [-0.3, -0.25) is 5.41 Å². The lowest BCUT2D eigenvalue weighted by Crippen LogP contribution is -2.13. The van der Waals surface area contributed by atoms with Crippen LogP contribution >= 0.6 is 0 Å². The van der Waals surface area contributed by atoms with Crippen molar-refractivity contribution < 1.29 is 14.2 Å². The molecule has 104 valence electrons. The number of nitrogens with one attached hydrogen (secondary N) is 1. The molecule has 0 amide bonds. The van der Waals surface area contributed by atoms with Gasteiger partial charge in [-0.05, 0) is 0 Å². The van der Waals surface area contributed by atoms with E-state index in [0.717, 1.165) is 0 Å². The summed E-state index contributed by atoms with van der Waals surface area (Å²) in [6.45, 7) is 0. The summed E-state index contributed by atoms with van der Waals surface area (Å²) >= 11 is 0. The van der Waals surface area contributed by atoms with Gasteiger partial charge in [0.2, 0.25) is 5.88 Å². The Labute approximate surface area is 115 Å². The van der Waals surface area contributed by atoms with Gasteiger partial charge in [0.25, 0.3) is 0 Å². The Hall–Kier alpha value is -2.83. The number of aromatic nitrogens is 2. The van der Waals surface area contributed by atoms with Crippen molar-refractivity contribution in [3.63, 3.8) is 0 Å². The molecule has 7 heteroatoms. The molecule has 0 spiro atoms. The summed E-state index contributed by atoms with van der Waals surface area (Å²) < 4.78 is 15.8. The molecule has 0 bridgehead atoms. The van der Waals surface area contributed by atoms with Crippen LogP contribution < -0.4 is 19.9 Å². The predicted molar refractivity (Wildman–Crippen MR) is 72.7 cm³/mol. The maximum absolute atomic E-state index is 7.23. The molecule has 0 unspecified atom stereocenters. The second-order valence-corrected chi connectivity index (χ2v) is 3.80. The van der Waals surface area contributed by atoms with Gasteiger partial charge >= 0.3 is 0 Å². The molecule has 1 heterocycles. The highest BCUT2D eigenvalue weighted by molar-refractivity contribution is 5.92. The molecule has 0 aliphatic carbocycles. The third kappa shape index (κ3) is 3.14. The number of nitrogen functional groups attached to an aromatic ring is 1. The van der Waals surface area contributed by atoms with Crippen molar-refractivity contribution in [1.82, 2.24) is 9.97 Å². The van der Waals surface area contributed by atoms with E-state index in [0.29, 0.717) is 22.9 Å². The van der Waals surface area contributed by atoms with Crippen LogP contribution in [-0.2, 0) is 0 Å². The van der Waals surface area contributed by atoms with Crippen LogP contribution in [0.4, 0.5) is 0 Å². The Morgan fingerprint density at radius 2 is 1.60 bits per heavy atom. The van der Waals surface area contributed by atoms with Crippen LogP contribution in [0.5, 0.6) is 23.1 Å². The predicted octanol–water partition coefficient (Wildman–Crippen LogP) is 1.57. The summed E-state index contributed by atoms with van der Waals surface area (Å²) in [6, 6.07) is 5.13. The zero-order valence-electron chi connectivity index (χ0n) is 11.1. The number of nitrogens with zero attached hydrogens (tertiary/aromatic N) is 2. The van der Waals surface area contributed by atoms with Gasteiger partial charge in [-0.2, -0.15) is 0 Å². The molecule has 7 nitrogen and oxygen atoms in total. The highest BCUT2D eigenvalue weighted by atomic mass is 16.5. The molecule has 2 rings (SSSR count). The Balaban J connectivity index is 2.22. The zero-order valence-corrected chi connectivity index (χ0v) is 11.1. The van der Waals surface area contributed by atoms with Crippen LogP contribution in [0.25, 0.3) is 0 Å². The van der Waals surface area contributed by atoms with E-state index < -0.39 is 0 Å². The van der Waals surface area contributed by atoms with E-state index in [1.54, 1.807) is 32.4 Å². The fraction of sp³-hybridized carbons (Fsp3) is 0.154. The van der Waals surface area contributed by atoms with Crippen LogP contribution in [0.1, 0.15) is 5.69 Å². The normalized spacial score (nSPS) is 9.90. The lowest BCUT2D eigenvalue weighted by atomic mass is 10.3. The average molecular weight is 274 g/mol. The molecule has 0 aliphatic rings. The maximum Gasteiger partial charge on any atom is 0.237 e. The highest BCUT2D eigenvalue weighted by Gasteiger charge is 2.06. The summed E-state index contributed by atoms with van der Waals surface area (Å²) in [5, 5.41) is 7.23. The molecule has 0 aliphatic heterocycles. The van der Waals surface area contributed by atoms with E-state index in [1.165, 1.54) is 12.4 Å². The third-order valence-corrected chi connectivity index (χ3v) is 2.45. The molecule has 20 heavy (non-hydrogen) atoms. The maximum atomic E-state index is 7.23. The SMILES string of the molecule is COc1cc(OC)cc(Oc2cnc(C(=N)N)cn2)c1. The first-order valence-electron chi connectivity index (χ1n) is 5.69. The van der Waals surface area contributed by atoms with E-state index in [2.05, 4.69) is 9.97 Å². The van der Waals surface area contributed by atoms with Gasteiger partial charge in [0.1, 0.15) is 28.8 Å². The Kier molecular flexibility index (Phi) is 3.99. The van der Waals surface area contributed by atoms with Crippen molar-refractivity contribution >= 4 is 5.84 Å². The Morgan fingerprint density at radius 1 is 1.00 bits per heavy atom. The Morgan fingerprint density at radius 3 is 2.05 bits per heavy atom. The van der Waals surface area contributed by atoms with Crippen molar-refractivity contribution in [2.75, 3.05) is 14.2 Å². The van der Waals surface area contributed by atoms with E-state index in [9.17, 15) is 0 Å². The number of methoxy groups -OCH3 is 2. The first-order valence-corrected chi connectivity index (χ1v) is 5.69. The van der Waals surface area contributed by atoms with Gasteiger partial charge in [-0.25, -0.2) is 9.97 Å². The van der Waals surface area contributed by atoms with Gasteiger partial charge in [-0.1, -0.05) is 0 Å². The van der Waals surface area contributed by atoms with E-state index in [4.69, 9.17) is 25.4 Å². The molecule has 0 fully saturated rings. The van der Waals surface area contributed by atoms with Crippen molar-refractivity contribution in [2.45, 2.75) is 0 Å². The van der Waals surface area contributed by atoms with Gasteiger partial charge in [0.15, 0.2) is 0 Å². The van der Waals surface area contributed by atoms with Crippen molar-refractivity contribution in [3.05, 3.63) is 36.3 Å². The highest BCUT2D eigenvalue weighted by Crippen LogP contribution is 2.29. The molecule has 3 N–H and O–H groups in total. The quantitative estimate of drug-likeness (QED) is 0.633. The summed E-state index contributed by atoms with van der Waals surface area (Å²) in [5.41, 5.74) is 5.59. The molecule has 0 radical (unpaired) electrons. The molecule has 1 aromatic heterocycles. The minimum Gasteiger partial charge on any atom is -0.496 e. The van der Waals surface area contributed by atoms with Crippen LogP contribution in [0.15, 0.2) is 30.6 Å². The van der Waals surface area contributed by atoms with E-state index >= 15 is 0 Å².